The van der Waals surface area contributed by atoms with Crippen molar-refractivity contribution in [2.75, 3.05) is 0 Å². The van der Waals surface area contributed by atoms with Gasteiger partial charge in [-0.1, -0.05) is 35.9 Å². The van der Waals surface area contributed by atoms with Crippen LogP contribution >= 0.6 is 11.6 Å². The summed E-state index contributed by atoms with van der Waals surface area (Å²) in [5, 5.41) is 0.754. The van der Waals surface area contributed by atoms with Gasteiger partial charge in [0, 0.05) is 5.02 Å². The topological polar surface area (TPSA) is 37.3 Å². The van der Waals surface area contributed by atoms with Gasteiger partial charge in [-0.3, -0.25) is 0 Å². The number of hydrogen-bond donors (Lipinski definition) is 1. The standard InChI is InChI=1S/C19H17ClO2S/c20-15-5-1-13(2-6-15)17-11-19(9-10-19)12-18(17)14-3-7-16(8-4-14)23(21)22/h1-8H,9-12H2,(H,21,22). The smallest absolute Gasteiger partial charge is 0.186 e. The molecule has 2 aromatic rings. The Hall–Kier alpha value is -1.42. The van der Waals surface area contributed by atoms with Gasteiger partial charge < -0.3 is 4.55 Å². The highest BCUT2D eigenvalue weighted by molar-refractivity contribution is 7.79. The second kappa shape index (κ2) is 5.59. The number of halogens is 1. The van der Waals surface area contributed by atoms with Gasteiger partial charge >= 0.3 is 0 Å². The van der Waals surface area contributed by atoms with Crippen molar-refractivity contribution in [1.29, 1.82) is 0 Å². The van der Waals surface area contributed by atoms with Gasteiger partial charge in [0.25, 0.3) is 0 Å². The van der Waals surface area contributed by atoms with Crippen molar-refractivity contribution >= 4 is 33.8 Å². The van der Waals surface area contributed by atoms with E-state index >= 15 is 0 Å². The number of rotatable bonds is 3. The molecule has 2 nitrogen and oxygen atoms in total. The van der Waals surface area contributed by atoms with Crippen LogP contribution in [0.15, 0.2) is 53.4 Å². The summed E-state index contributed by atoms with van der Waals surface area (Å²) < 4.78 is 20.3. The third-order valence-corrected chi connectivity index (χ3v) is 5.95. The fourth-order valence-corrected chi connectivity index (χ4v) is 4.03. The van der Waals surface area contributed by atoms with Crippen molar-refractivity contribution in [3.05, 3.63) is 64.7 Å². The highest BCUT2D eigenvalue weighted by Gasteiger charge is 2.48. The molecule has 1 fully saturated rings. The maximum absolute atomic E-state index is 11.2. The van der Waals surface area contributed by atoms with Gasteiger partial charge in [-0.15, -0.1) is 0 Å². The summed E-state index contributed by atoms with van der Waals surface area (Å²) in [5.41, 5.74) is 5.64. The zero-order valence-corrected chi connectivity index (χ0v) is 14.2. The van der Waals surface area contributed by atoms with E-state index in [0.29, 0.717) is 10.3 Å². The van der Waals surface area contributed by atoms with E-state index in [0.717, 1.165) is 23.4 Å². The fourth-order valence-electron chi connectivity index (χ4n) is 3.53. The molecule has 4 heteroatoms. The lowest BCUT2D eigenvalue weighted by Crippen LogP contribution is -1.93. The molecule has 4 rings (SSSR count). The van der Waals surface area contributed by atoms with Gasteiger partial charge in [0.1, 0.15) is 0 Å². The summed E-state index contributed by atoms with van der Waals surface area (Å²) in [6.07, 6.45) is 4.82. The van der Waals surface area contributed by atoms with Crippen LogP contribution in [-0.4, -0.2) is 8.76 Å². The molecule has 0 radical (unpaired) electrons. The predicted octanol–water partition coefficient (Wildman–Crippen LogP) is 5.41. The van der Waals surface area contributed by atoms with Crippen LogP contribution in [0, 0.1) is 5.41 Å². The third kappa shape index (κ3) is 2.89. The first-order valence-corrected chi connectivity index (χ1v) is 9.24. The molecule has 1 atom stereocenters. The largest absolute Gasteiger partial charge is 0.302 e. The molecule has 2 aromatic carbocycles. The average molecular weight is 345 g/mol. The molecule has 2 aliphatic carbocycles. The highest BCUT2D eigenvalue weighted by atomic mass is 35.5. The second-order valence-electron chi connectivity index (χ2n) is 6.59. The number of allylic oxidation sites excluding steroid dienone is 2. The van der Waals surface area contributed by atoms with Crippen LogP contribution in [-0.2, 0) is 11.1 Å². The fraction of sp³-hybridized carbons (Fsp3) is 0.263. The first kappa shape index (κ1) is 15.1. The summed E-state index contributed by atoms with van der Waals surface area (Å²) in [6.45, 7) is 0. The Morgan fingerprint density at radius 3 is 1.78 bits per heavy atom. The van der Waals surface area contributed by atoms with E-state index in [4.69, 9.17) is 11.6 Å². The lowest BCUT2D eigenvalue weighted by atomic mass is 9.97. The molecule has 0 amide bonds. The van der Waals surface area contributed by atoms with Gasteiger partial charge in [0.2, 0.25) is 0 Å². The van der Waals surface area contributed by atoms with Crippen molar-refractivity contribution in [2.45, 2.75) is 30.6 Å². The summed E-state index contributed by atoms with van der Waals surface area (Å²) in [7, 11) is 0. The summed E-state index contributed by atoms with van der Waals surface area (Å²) in [5.74, 6) is 0. The molecule has 1 spiro atoms. The molecule has 1 N–H and O–H groups in total. The van der Waals surface area contributed by atoms with Crippen molar-refractivity contribution < 1.29 is 8.76 Å². The molecule has 0 bridgehead atoms. The summed E-state index contributed by atoms with van der Waals surface area (Å²) in [4.78, 5) is 0.446. The Bertz CT molecular complexity index is 802. The third-order valence-electron chi connectivity index (χ3n) is 5.02. The van der Waals surface area contributed by atoms with E-state index in [2.05, 4.69) is 12.1 Å². The van der Waals surface area contributed by atoms with Gasteiger partial charge in [-0.25, -0.2) is 4.21 Å². The van der Waals surface area contributed by atoms with E-state index in [-0.39, 0.29) is 0 Å². The van der Waals surface area contributed by atoms with E-state index in [1.54, 1.807) is 12.1 Å². The average Bonchev–Trinajstić information content (AvgIpc) is 3.20. The van der Waals surface area contributed by atoms with Gasteiger partial charge in [0.15, 0.2) is 11.1 Å². The Kier molecular flexibility index (Phi) is 3.67. The van der Waals surface area contributed by atoms with Gasteiger partial charge in [-0.2, -0.15) is 0 Å². The quantitative estimate of drug-likeness (QED) is 0.756. The number of benzene rings is 2. The minimum absolute atomic E-state index is 0.446. The Morgan fingerprint density at radius 1 is 0.870 bits per heavy atom. The van der Waals surface area contributed by atoms with Crippen LogP contribution in [0.25, 0.3) is 11.1 Å². The number of hydrogen-bond acceptors (Lipinski definition) is 1. The van der Waals surface area contributed by atoms with E-state index in [1.165, 1.54) is 29.6 Å². The van der Waals surface area contributed by atoms with Gasteiger partial charge in [-0.05, 0) is 77.6 Å². The van der Waals surface area contributed by atoms with Gasteiger partial charge in [0.05, 0.1) is 4.90 Å². The zero-order chi connectivity index (χ0) is 16.0. The Morgan fingerprint density at radius 2 is 1.35 bits per heavy atom. The van der Waals surface area contributed by atoms with Crippen molar-refractivity contribution in [3.63, 3.8) is 0 Å². The predicted molar refractivity (Wildman–Crippen MR) is 94.6 cm³/mol. The summed E-state index contributed by atoms with van der Waals surface area (Å²) >= 11 is 4.10. The van der Waals surface area contributed by atoms with E-state index < -0.39 is 11.1 Å². The molecular formula is C19H17ClO2S. The second-order valence-corrected chi connectivity index (χ2v) is 8.00. The minimum atomic E-state index is -1.92. The van der Waals surface area contributed by atoms with Crippen molar-refractivity contribution in [3.8, 4) is 0 Å². The highest BCUT2D eigenvalue weighted by Crippen LogP contribution is 2.63. The minimum Gasteiger partial charge on any atom is -0.302 e. The van der Waals surface area contributed by atoms with Crippen molar-refractivity contribution in [1.82, 2.24) is 0 Å². The van der Waals surface area contributed by atoms with Crippen LogP contribution in [0.5, 0.6) is 0 Å². The molecule has 0 saturated heterocycles. The lowest BCUT2D eigenvalue weighted by Gasteiger charge is -2.09. The Labute approximate surface area is 143 Å². The first-order chi connectivity index (χ1) is 11.1. The molecule has 23 heavy (non-hydrogen) atoms. The molecule has 118 valence electrons. The lowest BCUT2D eigenvalue weighted by molar-refractivity contribution is 0.564. The van der Waals surface area contributed by atoms with Crippen LogP contribution in [0.2, 0.25) is 5.02 Å². The maximum Gasteiger partial charge on any atom is 0.186 e. The molecule has 0 aromatic heterocycles. The first-order valence-electron chi connectivity index (χ1n) is 7.76. The normalized spacial score (nSPS) is 20.1. The van der Waals surface area contributed by atoms with Crippen LogP contribution in [0.4, 0.5) is 0 Å². The monoisotopic (exact) mass is 344 g/mol. The van der Waals surface area contributed by atoms with E-state index in [9.17, 15) is 8.76 Å². The van der Waals surface area contributed by atoms with Crippen molar-refractivity contribution in [2.24, 2.45) is 5.41 Å². The SMILES string of the molecule is O=S(O)c1ccc(C2=C(c3ccc(Cl)cc3)CC3(CC3)C2)cc1. The van der Waals surface area contributed by atoms with Crippen LogP contribution < -0.4 is 0 Å². The van der Waals surface area contributed by atoms with Crippen LogP contribution in [0.3, 0.4) is 0 Å². The zero-order valence-electron chi connectivity index (χ0n) is 12.6. The molecule has 1 unspecified atom stereocenters. The molecule has 0 heterocycles. The Balaban J connectivity index is 1.76. The van der Waals surface area contributed by atoms with Crippen LogP contribution in [0.1, 0.15) is 36.8 Å². The molecule has 0 aliphatic heterocycles. The maximum atomic E-state index is 11.2. The summed E-state index contributed by atoms with van der Waals surface area (Å²) in [6, 6.07) is 15.5. The molecule has 1 saturated carbocycles. The molecule has 2 aliphatic rings. The van der Waals surface area contributed by atoms with E-state index in [1.807, 2.05) is 24.3 Å². The molecular weight excluding hydrogens is 328 g/mol.